The summed E-state index contributed by atoms with van der Waals surface area (Å²) in [4.78, 5) is 0. The van der Waals surface area contributed by atoms with Crippen LogP contribution in [-0.2, 0) is 14.2 Å². The molecule has 3 nitrogen and oxygen atoms in total. The summed E-state index contributed by atoms with van der Waals surface area (Å²) in [5.74, 6) is 0. The number of rotatable bonds is 13. The van der Waals surface area contributed by atoms with Crippen LogP contribution in [0.4, 0.5) is 0 Å². The third-order valence-electron chi connectivity index (χ3n) is 2.60. The van der Waals surface area contributed by atoms with Gasteiger partial charge in [0, 0.05) is 0 Å². The number of unbranched alkanes of at least 4 members (excludes halogenated alkanes) is 3. The van der Waals surface area contributed by atoms with Gasteiger partial charge >= 0.3 is 126 Å². The van der Waals surface area contributed by atoms with Crippen molar-refractivity contribution >= 4 is 22.5 Å². The van der Waals surface area contributed by atoms with E-state index in [0.717, 1.165) is 58.3 Å². The predicted octanol–water partition coefficient (Wildman–Crippen LogP) is 3.26. The van der Waals surface area contributed by atoms with Crippen LogP contribution in [-0.4, -0.2) is 52.8 Å². The van der Waals surface area contributed by atoms with Gasteiger partial charge in [0.25, 0.3) is 0 Å². The van der Waals surface area contributed by atoms with Crippen molar-refractivity contribution in [2.45, 2.75) is 63.1 Å². The van der Waals surface area contributed by atoms with Crippen LogP contribution in [0.25, 0.3) is 0 Å². The summed E-state index contributed by atoms with van der Waals surface area (Å²) in [7, 11) is 0. The molecule has 0 aromatic rings. The molecule has 0 aromatic heterocycles. The van der Waals surface area contributed by atoms with Crippen LogP contribution >= 0.6 is 0 Å². The molecule has 0 amide bonds. The van der Waals surface area contributed by atoms with Gasteiger partial charge in [-0.3, -0.25) is 0 Å². The molecule has 4 heteroatoms. The number of hydrogen-bond donors (Lipinski definition) is 0. The van der Waals surface area contributed by atoms with Crippen molar-refractivity contribution in [3.8, 4) is 0 Å². The van der Waals surface area contributed by atoms with Gasteiger partial charge in [0.15, 0.2) is 0 Å². The van der Waals surface area contributed by atoms with E-state index >= 15 is 0 Å². The first-order valence-corrected chi connectivity index (χ1v) is 8.71. The van der Waals surface area contributed by atoms with Gasteiger partial charge in [-0.15, -0.1) is 0 Å². The molecule has 0 aliphatic heterocycles. The molecule has 0 heterocycles. The van der Waals surface area contributed by atoms with E-state index < -0.39 is 3.80 Å². The zero-order valence-corrected chi connectivity index (χ0v) is 15.1. The summed E-state index contributed by atoms with van der Waals surface area (Å²) < 4.78 is 17.0. The maximum atomic E-state index is 5.89. The van der Waals surface area contributed by atoms with Gasteiger partial charge in [-0.2, -0.15) is 0 Å². The zero-order chi connectivity index (χ0) is 13.7. The molecule has 0 aromatic carbocycles. The molecule has 0 saturated heterocycles. The van der Waals surface area contributed by atoms with E-state index in [1.54, 1.807) is 0 Å². The average molecular weight is 364 g/mol. The summed E-state index contributed by atoms with van der Waals surface area (Å²) in [6, 6.07) is 0. The van der Waals surface area contributed by atoms with Crippen molar-refractivity contribution in [3.05, 3.63) is 0 Å². The van der Waals surface area contributed by atoms with Gasteiger partial charge < -0.3 is 0 Å². The minimum atomic E-state index is -0.481. The fourth-order valence-electron chi connectivity index (χ4n) is 1.34. The first-order valence-electron chi connectivity index (χ1n) is 7.29. The third-order valence-corrected chi connectivity index (χ3v) is 3.84. The molecule has 107 valence electrons. The van der Waals surface area contributed by atoms with E-state index in [-0.39, 0.29) is 0 Å². The fraction of sp³-hybridized carbons (Fsp3) is 1.00. The molecule has 0 spiro atoms. The zero-order valence-electron chi connectivity index (χ0n) is 12.3. The molecule has 0 rings (SSSR count). The van der Waals surface area contributed by atoms with Gasteiger partial charge in [0.1, 0.15) is 0 Å². The Morgan fingerprint density at radius 1 is 0.778 bits per heavy atom. The summed E-state index contributed by atoms with van der Waals surface area (Å²) in [6.07, 6.45) is 6.74. The fourth-order valence-corrected chi connectivity index (χ4v) is 2.21. The first kappa shape index (κ1) is 18.7. The first-order chi connectivity index (χ1) is 8.68. The Morgan fingerprint density at radius 3 is 1.67 bits per heavy atom. The Morgan fingerprint density at radius 2 is 1.22 bits per heavy atom. The summed E-state index contributed by atoms with van der Waals surface area (Å²) in [5.41, 5.74) is 0. The average Bonchev–Trinajstić information content (AvgIpc) is 2.36. The molecule has 0 bridgehead atoms. The van der Waals surface area contributed by atoms with Crippen molar-refractivity contribution in [2.75, 3.05) is 26.4 Å². The van der Waals surface area contributed by atoms with Crippen molar-refractivity contribution in [2.24, 2.45) is 0 Å². The van der Waals surface area contributed by atoms with E-state index in [0.29, 0.717) is 6.61 Å². The monoisotopic (exact) mass is 365 g/mol. The molecule has 0 fully saturated rings. The minimum absolute atomic E-state index is 0.481. The number of hydrogen-bond acceptors (Lipinski definition) is 3. The normalized spacial score (nSPS) is 12.0. The van der Waals surface area contributed by atoms with Crippen molar-refractivity contribution in [1.29, 1.82) is 0 Å². The molecule has 3 radical (unpaired) electrons. The second kappa shape index (κ2) is 12.7. The molecule has 0 unspecified atom stereocenters. The second-order valence-corrected chi connectivity index (χ2v) is 6.74. The molecular formula is C14H29O3Sn. The van der Waals surface area contributed by atoms with Crippen molar-refractivity contribution < 1.29 is 14.2 Å². The van der Waals surface area contributed by atoms with Crippen LogP contribution in [0.2, 0.25) is 0 Å². The molecule has 0 atom stereocenters. The van der Waals surface area contributed by atoms with Gasteiger partial charge in [-0.1, -0.05) is 0 Å². The molecule has 0 saturated carbocycles. The van der Waals surface area contributed by atoms with E-state index in [2.05, 4.69) is 20.8 Å². The Balaban J connectivity index is 3.95. The van der Waals surface area contributed by atoms with E-state index in [9.17, 15) is 0 Å². The Kier molecular flexibility index (Phi) is 13.2. The third kappa shape index (κ3) is 10.6. The summed E-state index contributed by atoms with van der Waals surface area (Å²) in [6.45, 7) is 9.42. The van der Waals surface area contributed by atoms with Gasteiger partial charge in [0.2, 0.25) is 0 Å². The van der Waals surface area contributed by atoms with E-state index in [4.69, 9.17) is 14.2 Å². The van der Waals surface area contributed by atoms with Crippen LogP contribution in [0.15, 0.2) is 0 Å². The molecular weight excluding hydrogens is 335 g/mol. The van der Waals surface area contributed by atoms with Crippen LogP contribution in [0.5, 0.6) is 0 Å². The molecule has 18 heavy (non-hydrogen) atoms. The van der Waals surface area contributed by atoms with Gasteiger partial charge in [-0.05, 0) is 0 Å². The number of ether oxygens (including phenoxy) is 3. The SMILES string of the molecule is CCCCOC[C]([Sn])(OCCCC)OCCCC. The van der Waals surface area contributed by atoms with Crippen LogP contribution in [0.3, 0.4) is 0 Å². The van der Waals surface area contributed by atoms with E-state index in [1.807, 2.05) is 0 Å². The molecule has 0 N–H and O–H groups in total. The van der Waals surface area contributed by atoms with Gasteiger partial charge in [-0.25, -0.2) is 0 Å². The maximum absolute atomic E-state index is 5.89. The van der Waals surface area contributed by atoms with Crippen molar-refractivity contribution in [1.82, 2.24) is 0 Å². The van der Waals surface area contributed by atoms with Crippen LogP contribution < -0.4 is 0 Å². The second-order valence-electron chi connectivity index (χ2n) is 4.56. The Hall–Kier alpha value is 0.679. The quantitative estimate of drug-likeness (QED) is 0.285. The van der Waals surface area contributed by atoms with Crippen molar-refractivity contribution in [3.63, 3.8) is 0 Å². The Bertz CT molecular complexity index is 166. The van der Waals surface area contributed by atoms with E-state index in [1.165, 1.54) is 22.5 Å². The van der Waals surface area contributed by atoms with Crippen LogP contribution in [0, 0.1) is 0 Å². The molecule has 0 aliphatic carbocycles. The van der Waals surface area contributed by atoms with Gasteiger partial charge in [0.05, 0.1) is 0 Å². The summed E-state index contributed by atoms with van der Waals surface area (Å²) >= 11 is 1.25. The molecule has 0 aliphatic rings. The predicted molar refractivity (Wildman–Crippen MR) is 75.9 cm³/mol. The van der Waals surface area contributed by atoms with Crippen LogP contribution in [0.1, 0.15) is 59.3 Å². The topological polar surface area (TPSA) is 27.7 Å². The summed E-state index contributed by atoms with van der Waals surface area (Å²) in [5, 5.41) is 0. The Labute approximate surface area is 126 Å². The standard InChI is InChI=1S/C14H29O3.Sn/c1-4-7-10-15-13-14(16-11-8-5-2)17-12-9-6-3;/h4-13H2,1-3H3;.